The molecule has 1 aromatic heterocycles. The SMILES string of the molecule is Cc1ccc(C)c(NS(=O)(=O)c2cc3c(s2)CCN(C(=O)C2CCC2)C3)c1. The lowest BCUT2D eigenvalue weighted by atomic mass is 9.84. The standard InChI is InChI=1S/C20H24N2O3S2/c1-13-6-7-14(2)17(10-13)21-27(24,25)19-11-16-12-22(9-8-18(16)26-19)20(23)15-4-3-5-15/h6-7,10-11,15,21H,3-5,8-9,12H2,1-2H3. The molecule has 0 radical (unpaired) electrons. The zero-order chi connectivity index (χ0) is 19.2. The topological polar surface area (TPSA) is 66.5 Å². The highest BCUT2D eigenvalue weighted by atomic mass is 32.2. The number of carbonyl (C=O) groups excluding carboxylic acids is 1. The molecule has 1 fully saturated rings. The van der Waals surface area contributed by atoms with Gasteiger partial charge in [-0.15, -0.1) is 11.3 Å². The average molecular weight is 405 g/mol. The molecule has 4 rings (SSSR count). The van der Waals surface area contributed by atoms with Crippen molar-refractivity contribution in [2.45, 2.75) is 50.3 Å². The number of hydrogen-bond donors (Lipinski definition) is 1. The van der Waals surface area contributed by atoms with Gasteiger partial charge in [-0.2, -0.15) is 0 Å². The van der Waals surface area contributed by atoms with Crippen molar-refractivity contribution in [3.63, 3.8) is 0 Å². The van der Waals surface area contributed by atoms with E-state index in [1.165, 1.54) is 11.3 Å². The van der Waals surface area contributed by atoms with E-state index in [1.807, 2.05) is 36.9 Å². The number of carbonyl (C=O) groups is 1. The van der Waals surface area contributed by atoms with E-state index >= 15 is 0 Å². The van der Waals surface area contributed by atoms with Crippen LogP contribution in [0.1, 0.15) is 40.8 Å². The van der Waals surface area contributed by atoms with Gasteiger partial charge in [0.2, 0.25) is 5.91 Å². The largest absolute Gasteiger partial charge is 0.338 e. The van der Waals surface area contributed by atoms with Crippen LogP contribution in [0.2, 0.25) is 0 Å². The molecule has 1 aliphatic heterocycles. The summed E-state index contributed by atoms with van der Waals surface area (Å²) in [7, 11) is -3.63. The Morgan fingerprint density at radius 2 is 2.00 bits per heavy atom. The molecule has 0 spiro atoms. The summed E-state index contributed by atoms with van der Waals surface area (Å²) in [6, 6.07) is 7.47. The second-order valence-corrected chi connectivity index (χ2v) is 10.6. The maximum Gasteiger partial charge on any atom is 0.271 e. The minimum Gasteiger partial charge on any atom is -0.338 e. The number of benzene rings is 1. The van der Waals surface area contributed by atoms with Crippen molar-refractivity contribution >= 4 is 33.0 Å². The number of rotatable bonds is 4. The highest BCUT2D eigenvalue weighted by Crippen LogP contribution is 2.35. The van der Waals surface area contributed by atoms with E-state index in [0.717, 1.165) is 47.3 Å². The summed E-state index contributed by atoms with van der Waals surface area (Å²) in [4.78, 5) is 15.5. The number of fused-ring (bicyclic) bond motifs is 1. The molecular formula is C20H24N2O3S2. The number of aryl methyl sites for hydroxylation is 2. The molecule has 0 atom stereocenters. The first-order valence-corrected chi connectivity index (χ1v) is 11.6. The summed E-state index contributed by atoms with van der Waals surface area (Å²) in [6.07, 6.45) is 3.86. The highest BCUT2D eigenvalue weighted by molar-refractivity contribution is 7.94. The number of nitrogens with one attached hydrogen (secondary N) is 1. The fourth-order valence-corrected chi connectivity index (χ4v) is 6.25. The van der Waals surface area contributed by atoms with Gasteiger partial charge in [0.1, 0.15) is 4.21 Å². The summed E-state index contributed by atoms with van der Waals surface area (Å²) in [5.74, 6) is 0.412. The van der Waals surface area contributed by atoms with Gasteiger partial charge in [0, 0.05) is 23.9 Å². The Labute approximate surface area is 164 Å². The van der Waals surface area contributed by atoms with Gasteiger partial charge in [0.25, 0.3) is 10.0 Å². The maximum atomic E-state index is 12.9. The van der Waals surface area contributed by atoms with Gasteiger partial charge in [0.15, 0.2) is 0 Å². The van der Waals surface area contributed by atoms with Gasteiger partial charge in [0.05, 0.1) is 5.69 Å². The molecule has 2 aliphatic rings. The molecule has 0 bridgehead atoms. The minimum atomic E-state index is -3.63. The Balaban J connectivity index is 1.54. The van der Waals surface area contributed by atoms with Crippen molar-refractivity contribution in [2.75, 3.05) is 11.3 Å². The lowest BCUT2D eigenvalue weighted by Crippen LogP contribution is -2.41. The van der Waals surface area contributed by atoms with Crippen molar-refractivity contribution in [3.8, 4) is 0 Å². The Kier molecular flexibility index (Phi) is 4.76. The summed E-state index contributed by atoms with van der Waals surface area (Å²) in [6.45, 7) is 5.04. The molecule has 5 nitrogen and oxygen atoms in total. The minimum absolute atomic E-state index is 0.180. The number of nitrogens with zero attached hydrogens (tertiary/aromatic N) is 1. The average Bonchev–Trinajstić information content (AvgIpc) is 3.00. The number of hydrogen-bond acceptors (Lipinski definition) is 4. The predicted molar refractivity (Wildman–Crippen MR) is 108 cm³/mol. The van der Waals surface area contributed by atoms with Gasteiger partial charge in [-0.3, -0.25) is 9.52 Å². The van der Waals surface area contributed by atoms with Gasteiger partial charge >= 0.3 is 0 Å². The molecule has 27 heavy (non-hydrogen) atoms. The summed E-state index contributed by atoms with van der Waals surface area (Å²) in [5.41, 5.74) is 3.49. The lowest BCUT2D eigenvalue weighted by Gasteiger charge is -2.33. The van der Waals surface area contributed by atoms with Crippen LogP contribution in [0.3, 0.4) is 0 Å². The van der Waals surface area contributed by atoms with Crippen LogP contribution in [0, 0.1) is 19.8 Å². The third kappa shape index (κ3) is 3.62. The number of amides is 1. The van der Waals surface area contributed by atoms with Crippen LogP contribution in [0.15, 0.2) is 28.5 Å². The Morgan fingerprint density at radius 3 is 2.70 bits per heavy atom. The molecule has 1 amide bonds. The van der Waals surface area contributed by atoms with Crippen LogP contribution < -0.4 is 4.72 Å². The number of anilines is 1. The monoisotopic (exact) mass is 404 g/mol. The molecule has 144 valence electrons. The van der Waals surface area contributed by atoms with Gasteiger partial charge in [-0.1, -0.05) is 18.6 Å². The van der Waals surface area contributed by atoms with Crippen LogP contribution in [-0.4, -0.2) is 25.8 Å². The predicted octanol–water partition coefficient (Wildman–Crippen LogP) is 3.85. The number of thiophene rings is 1. The van der Waals surface area contributed by atoms with E-state index < -0.39 is 10.0 Å². The van der Waals surface area contributed by atoms with Crippen LogP contribution in [0.25, 0.3) is 0 Å². The molecule has 7 heteroatoms. The third-order valence-corrected chi connectivity index (χ3v) is 8.59. The van der Waals surface area contributed by atoms with E-state index in [-0.39, 0.29) is 11.8 Å². The number of sulfonamides is 1. The van der Waals surface area contributed by atoms with Crippen molar-refractivity contribution in [2.24, 2.45) is 5.92 Å². The third-order valence-electron chi connectivity index (χ3n) is 5.51. The van der Waals surface area contributed by atoms with E-state index in [4.69, 9.17) is 0 Å². The Bertz CT molecular complexity index is 991. The highest BCUT2D eigenvalue weighted by Gasteiger charge is 2.32. The van der Waals surface area contributed by atoms with Crippen molar-refractivity contribution in [1.82, 2.24) is 4.90 Å². The van der Waals surface area contributed by atoms with Crippen LogP contribution in [-0.2, 0) is 27.8 Å². The maximum absolute atomic E-state index is 12.9. The van der Waals surface area contributed by atoms with E-state index in [1.54, 1.807) is 6.07 Å². The van der Waals surface area contributed by atoms with E-state index in [9.17, 15) is 13.2 Å². The molecule has 1 aliphatic carbocycles. The lowest BCUT2D eigenvalue weighted by molar-refractivity contribution is -0.139. The fourth-order valence-electron chi connectivity index (χ4n) is 3.58. The zero-order valence-corrected chi connectivity index (χ0v) is 17.3. The zero-order valence-electron chi connectivity index (χ0n) is 15.6. The van der Waals surface area contributed by atoms with Crippen LogP contribution in [0.4, 0.5) is 5.69 Å². The first-order valence-electron chi connectivity index (χ1n) is 9.34. The fraction of sp³-hybridized carbons (Fsp3) is 0.450. The summed E-state index contributed by atoms with van der Waals surface area (Å²) >= 11 is 1.33. The van der Waals surface area contributed by atoms with E-state index in [0.29, 0.717) is 23.0 Å². The molecule has 2 aromatic rings. The normalized spacial score (nSPS) is 17.3. The Hall–Kier alpha value is -1.86. The molecule has 2 heterocycles. The second-order valence-electron chi connectivity index (χ2n) is 7.58. The van der Waals surface area contributed by atoms with E-state index in [2.05, 4.69) is 4.72 Å². The van der Waals surface area contributed by atoms with Gasteiger partial charge < -0.3 is 4.90 Å². The van der Waals surface area contributed by atoms with Crippen molar-refractivity contribution < 1.29 is 13.2 Å². The van der Waals surface area contributed by atoms with Gasteiger partial charge in [-0.25, -0.2) is 8.42 Å². The first kappa shape index (κ1) is 18.5. The van der Waals surface area contributed by atoms with Gasteiger partial charge in [-0.05, 0) is 61.9 Å². The molecule has 1 N–H and O–H groups in total. The second kappa shape index (κ2) is 6.95. The molecule has 0 unspecified atom stereocenters. The summed E-state index contributed by atoms with van der Waals surface area (Å²) < 4.78 is 28.8. The molecular weight excluding hydrogens is 380 g/mol. The smallest absolute Gasteiger partial charge is 0.271 e. The van der Waals surface area contributed by atoms with Crippen LogP contribution >= 0.6 is 11.3 Å². The quantitative estimate of drug-likeness (QED) is 0.842. The molecule has 1 saturated carbocycles. The van der Waals surface area contributed by atoms with Crippen LogP contribution in [0.5, 0.6) is 0 Å². The van der Waals surface area contributed by atoms with Crippen molar-refractivity contribution in [1.29, 1.82) is 0 Å². The summed E-state index contributed by atoms with van der Waals surface area (Å²) in [5, 5.41) is 0. The first-order chi connectivity index (χ1) is 12.8. The molecule has 0 saturated heterocycles. The molecule has 1 aromatic carbocycles. The Morgan fingerprint density at radius 1 is 1.22 bits per heavy atom. The van der Waals surface area contributed by atoms with Crippen molar-refractivity contribution in [3.05, 3.63) is 45.8 Å².